The van der Waals surface area contributed by atoms with E-state index in [4.69, 9.17) is 4.74 Å². The summed E-state index contributed by atoms with van der Waals surface area (Å²) in [6.07, 6.45) is 0. The second-order valence-electron chi connectivity index (χ2n) is 5.31. The van der Waals surface area contributed by atoms with E-state index in [9.17, 15) is 12.8 Å². The van der Waals surface area contributed by atoms with Crippen molar-refractivity contribution in [1.82, 2.24) is 0 Å². The van der Waals surface area contributed by atoms with Gasteiger partial charge in [-0.2, -0.15) is 0 Å². The zero-order valence-electron chi connectivity index (χ0n) is 12.3. The molecule has 0 N–H and O–H groups in total. The van der Waals surface area contributed by atoms with E-state index < -0.39 is 15.8 Å². The summed E-state index contributed by atoms with van der Waals surface area (Å²) in [5.41, 5.74) is 1.76. The maximum Gasteiger partial charge on any atom is 0.264 e. The SMILES string of the molecule is Cc1ccc(C)c(S(=O)(=O)N2CCOc3ccc(F)cc32)c1. The molecule has 0 aromatic heterocycles. The predicted octanol–water partition coefficient (Wildman–Crippen LogP) is 3.03. The van der Waals surface area contributed by atoms with E-state index in [1.165, 1.54) is 22.5 Å². The molecule has 0 saturated heterocycles. The van der Waals surface area contributed by atoms with Crippen LogP contribution in [0.1, 0.15) is 11.1 Å². The lowest BCUT2D eigenvalue weighted by Gasteiger charge is -2.31. The number of rotatable bonds is 2. The minimum atomic E-state index is -3.76. The molecule has 0 spiro atoms. The third kappa shape index (κ3) is 2.43. The molecule has 6 heteroatoms. The molecule has 2 aromatic rings. The van der Waals surface area contributed by atoms with Crippen LogP contribution in [-0.4, -0.2) is 21.6 Å². The van der Waals surface area contributed by atoms with Gasteiger partial charge in [-0.1, -0.05) is 12.1 Å². The van der Waals surface area contributed by atoms with Crippen molar-refractivity contribution in [3.63, 3.8) is 0 Å². The number of halogens is 1. The van der Waals surface area contributed by atoms with Gasteiger partial charge in [0.2, 0.25) is 0 Å². The molecule has 4 nitrogen and oxygen atoms in total. The van der Waals surface area contributed by atoms with Crippen molar-refractivity contribution >= 4 is 15.7 Å². The monoisotopic (exact) mass is 321 g/mol. The highest BCUT2D eigenvalue weighted by Gasteiger charge is 2.31. The number of ether oxygens (including phenoxy) is 1. The Morgan fingerprint density at radius 2 is 1.91 bits per heavy atom. The molecule has 2 aromatic carbocycles. The van der Waals surface area contributed by atoms with Crippen LogP contribution in [0, 0.1) is 19.7 Å². The van der Waals surface area contributed by atoms with E-state index in [2.05, 4.69) is 0 Å². The summed E-state index contributed by atoms with van der Waals surface area (Å²) in [4.78, 5) is 0.240. The van der Waals surface area contributed by atoms with Gasteiger partial charge in [0.25, 0.3) is 10.0 Å². The molecule has 0 bridgehead atoms. The lowest BCUT2D eigenvalue weighted by atomic mass is 10.2. The van der Waals surface area contributed by atoms with Crippen LogP contribution >= 0.6 is 0 Å². The Bertz CT molecular complexity index is 833. The van der Waals surface area contributed by atoms with Gasteiger partial charge >= 0.3 is 0 Å². The fraction of sp³-hybridized carbons (Fsp3) is 0.250. The van der Waals surface area contributed by atoms with Crippen molar-refractivity contribution in [1.29, 1.82) is 0 Å². The van der Waals surface area contributed by atoms with Gasteiger partial charge in [0.15, 0.2) is 0 Å². The maximum absolute atomic E-state index is 13.5. The highest BCUT2D eigenvalue weighted by Crippen LogP contribution is 2.36. The van der Waals surface area contributed by atoms with Crippen LogP contribution < -0.4 is 9.04 Å². The smallest absolute Gasteiger partial charge is 0.264 e. The van der Waals surface area contributed by atoms with Crippen LogP contribution in [0.2, 0.25) is 0 Å². The van der Waals surface area contributed by atoms with Crippen LogP contribution in [0.5, 0.6) is 5.75 Å². The van der Waals surface area contributed by atoms with Crippen molar-refractivity contribution in [2.45, 2.75) is 18.7 Å². The fourth-order valence-electron chi connectivity index (χ4n) is 2.52. The van der Waals surface area contributed by atoms with Crippen LogP contribution in [0.4, 0.5) is 10.1 Å². The number of fused-ring (bicyclic) bond motifs is 1. The molecule has 0 aliphatic carbocycles. The van der Waals surface area contributed by atoms with Crippen molar-refractivity contribution in [2.24, 2.45) is 0 Å². The first-order valence-electron chi connectivity index (χ1n) is 6.92. The first kappa shape index (κ1) is 14.8. The number of hydrogen-bond donors (Lipinski definition) is 0. The van der Waals surface area contributed by atoms with Gasteiger partial charge in [-0.05, 0) is 43.2 Å². The maximum atomic E-state index is 13.5. The Balaban J connectivity index is 2.15. The summed E-state index contributed by atoms with van der Waals surface area (Å²) >= 11 is 0. The molecular weight excluding hydrogens is 305 g/mol. The van der Waals surface area contributed by atoms with Crippen molar-refractivity contribution in [3.05, 3.63) is 53.3 Å². The molecule has 0 fully saturated rings. The minimum absolute atomic E-state index is 0.159. The fourth-order valence-corrected chi connectivity index (χ4v) is 4.28. The zero-order chi connectivity index (χ0) is 15.9. The van der Waals surface area contributed by atoms with Gasteiger partial charge in [0.05, 0.1) is 17.1 Å². The number of aryl methyl sites for hydroxylation is 2. The van der Waals surface area contributed by atoms with E-state index in [0.717, 1.165) is 5.56 Å². The number of benzene rings is 2. The lowest BCUT2D eigenvalue weighted by molar-refractivity contribution is 0.315. The van der Waals surface area contributed by atoms with Crippen LogP contribution in [0.25, 0.3) is 0 Å². The van der Waals surface area contributed by atoms with Crippen molar-refractivity contribution in [2.75, 3.05) is 17.5 Å². The molecule has 0 saturated carbocycles. The zero-order valence-corrected chi connectivity index (χ0v) is 13.2. The molecule has 0 radical (unpaired) electrons. The first-order chi connectivity index (χ1) is 10.4. The van der Waals surface area contributed by atoms with E-state index in [1.54, 1.807) is 19.1 Å². The summed E-state index contributed by atoms with van der Waals surface area (Å²) in [5.74, 6) is -0.119. The Kier molecular flexibility index (Phi) is 3.56. The van der Waals surface area contributed by atoms with Gasteiger partial charge in [0.1, 0.15) is 18.2 Å². The van der Waals surface area contributed by atoms with E-state index >= 15 is 0 Å². The topological polar surface area (TPSA) is 46.6 Å². The molecule has 22 heavy (non-hydrogen) atoms. The van der Waals surface area contributed by atoms with Crippen molar-refractivity contribution in [3.8, 4) is 5.75 Å². The van der Waals surface area contributed by atoms with Gasteiger partial charge in [-0.15, -0.1) is 0 Å². The predicted molar refractivity (Wildman–Crippen MR) is 82.3 cm³/mol. The van der Waals surface area contributed by atoms with Crippen molar-refractivity contribution < 1.29 is 17.5 Å². The van der Waals surface area contributed by atoms with Gasteiger partial charge in [0, 0.05) is 6.07 Å². The lowest BCUT2D eigenvalue weighted by Crippen LogP contribution is -2.38. The number of hydrogen-bond acceptors (Lipinski definition) is 3. The number of anilines is 1. The molecular formula is C16H16FNO3S. The largest absolute Gasteiger partial charge is 0.489 e. The number of sulfonamides is 1. The summed E-state index contributed by atoms with van der Waals surface area (Å²) in [7, 11) is -3.76. The molecule has 0 atom stereocenters. The number of nitrogens with zero attached hydrogens (tertiary/aromatic N) is 1. The Labute approximate surface area is 129 Å². The normalized spacial score (nSPS) is 14.4. The first-order valence-corrected chi connectivity index (χ1v) is 8.36. The Morgan fingerprint density at radius 1 is 1.14 bits per heavy atom. The van der Waals surface area contributed by atoms with Crippen LogP contribution in [0.3, 0.4) is 0 Å². The third-order valence-corrected chi connectivity index (χ3v) is 5.61. The second kappa shape index (κ2) is 5.28. The van der Waals surface area contributed by atoms with Gasteiger partial charge < -0.3 is 4.74 Å². The van der Waals surface area contributed by atoms with Gasteiger partial charge in [-0.3, -0.25) is 4.31 Å². The molecule has 3 rings (SSSR count). The average Bonchev–Trinajstić information content (AvgIpc) is 2.48. The molecule has 1 heterocycles. The molecule has 0 unspecified atom stereocenters. The van der Waals surface area contributed by atoms with Gasteiger partial charge in [-0.25, -0.2) is 12.8 Å². The quantitative estimate of drug-likeness (QED) is 0.854. The third-order valence-electron chi connectivity index (χ3n) is 3.65. The van der Waals surface area contributed by atoms with Crippen LogP contribution in [0.15, 0.2) is 41.3 Å². The highest BCUT2D eigenvalue weighted by atomic mass is 32.2. The highest BCUT2D eigenvalue weighted by molar-refractivity contribution is 7.92. The Hall–Kier alpha value is -2.08. The summed E-state index contributed by atoms with van der Waals surface area (Å²) in [5, 5.41) is 0. The summed E-state index contributed by atoms with van der Waals surface area (Å²) in [6, 6.07) is 9.18. The van der Waals surface area contributed by atoms with Crippen LogP contribution in [-0.2, 0) is 10.0 Å². The van der Waals surface area contributed by atoms with E-state index in [-0.39, 0.29) is 23.7 Å². The molecule has 1 aliphatic heterocycles. The minimum Gasteiger partial charge on any atom is -0.489 e. The molecule has 116 valence electrons. The summed E-state index contributed by atoms with van der Waals surface area (Å²) in [6.45, 7) is 3.99. The summed E-state index contributed by atoms with van der Waals surface area (Å²) < 4.78 is 46.1. The molecule has 1 aliphatic rings. The van der Waals surface area contributed by atoms with E-state index in [1.807, 2.05) is 13.0 Å². The standard InChI is InChI=1S/C16H16FNO3S/c1-11-3-4-12(2)16(9-11)22(19,20)18-7-8-21-15-6-5-13(17)10-14(15)18/h3-6,9-10H,7-8H2,1-2H3. The Morgan fingerprint density at radius 3 is 2.68 bits per heavy atom. The molecule has 0 amide bonds. The second-order valence-corrected chi connectivity index (χ2v) is 7.14. The van der Waals surface area contributed by atoms with E-state index in [0.29, 0.717) is 11.3 Å². The average molecular weight is 321 g/mol.